The van der Waals surface area contributed by atoms with Crippen molar-refractivity contribution >= 4 is 21.5 Å². The molecule has 1 fully saturated rings. The standard InChI is InChI=1S/C17H22FN5O3S/c18-15-3-1-14(2-4-15)13-27(24,25)21-6-5-19-17-11-16(12-20-22-17)23-7-9-26-10-8-23/h1-4,11-12,21H,5-10,13H2,(H,19,22). The molecule has 2 aromatic rings. The zero-order chi connectivity index (χ0) is 19.1. The number of nitrogens with zero attached hydrogens (tertiary/aromatic N) is 3. The van der Waals surface area contributed by atoms with E-state index >= 15 is 0 Å². The molecule has 0 radical (unpaired) electrons. The van der Waals surface area contributed by atoms with Gasteiger partial charge in [0.2, 0.25) is 10.0 Å². The van der Waals surface area contributed by atoms with Crippen molar-refractivity contribution in [3.05, 3.63) is 47.9 Å². The third-order valence-corrected chi connectivity index (χ3v) is 5.40. The monoisotopic (exact) mass is 395 g/mol. The first-order valence-corrected chi connectivity index (χ1v) is 10.3. The van der Waals surface area contributed by atoms with E-state index in [1.165, 1.54) is 24.3 Å². The third-order valence-electron chi connectivity index (χ3n) is 4.04. The first kappa shape index (κ1) is 19.5. The van der Waals surface area contributed by atoms with Crippen molar-refractivity contribution in [3.63, 3.8) is 0 Å². The number of halogens is 1. The molecule has 0 spiro atoms. The second kappa shape index (κ2) is 9.07. The molecule has 2 heterocycles. The van der Waals surface area contributed by atoms with Crippen molar-refractivity contribution in [2.24, 2.45) is 0 Å². The summed E-state index contributed by atoms with van der Waals surface area (Å²) < 4.78 is 44.9. The number of sulfonamides is 1. The highest BCUT2D eigenvalue weighted by atomic mass is 32.2. The van der Waals surface area contributed by atoms with Crippen molar-refractivity contribution < 1.29 is 17.5 Å². The minimum Gasteiger partial charge on any atom is -0.378 e. The number of hydrogen-bond donors (Lipinski definition) is 2. The average Bonchev–Trinajstić information content (AvgIpc) is 2.68. The van der Waals surface area contributed by atoms with Crippen LogP contribution < -0.4 is 14.9 Å². The molecular formula is C17H22FN5O3S. The predicted octanol–water partition coefficient (Wildman–Crippen LogP) is 0.984. The number of rotatable bonds is 8. The van der Waals surface area contributed by atoms with Gasteiger partial charge in [-0.15, -0.1) is 5.10 Å². The Kier molecular flexibility index (Phi) is 6.54. The predicted molar refractivity (Wildman–Crippen MR) is 101 cm³/mol. The molecule has 0 amide bonds. The van der Waals surface area contributed by atoms with Crippen molar-refractivity contribution in [1.29, 1.82) is 0 Å². The van der Waals surface area contributed by atoms with Gasteiger partial charge in [0.15, 0.2) is 5.82 Å². The number of morpholine rings is 1. The Bertz CT molecular complexity index is 842. The van der Waals surface area contributed by atoms with Crippen LogP contribution in [0.15, 0.2) is 36.5 Å². The molecule has 1 saturated heterocycles. The molecule has 1 aliphatic rings. The SMILES string of the molecule is O=S(=O)(Cc1ccc(F)cc1)NCCNc1cc(N2CCOCC2)cnn1. The van der Waals surface area contributed by atoms with Crippen molar-refractivity contribution in [2.45, 2.75) is 5.75 Å². The molecule has 1 aliphatic heterocycles. The molecule has 1 aromatic carbocycles. The number of nitrogens with one attached hydrogen (secondary N) is 2. The second-order valence-corrected chi connectivity index (χ2v) is 7.91. The third kappa shape index (κ3) is 6.12. The van der Waals surface area contributed by atoms with E-state index in [9.17, 15) is 12.8 Å². The first-order chi connectivity index (χ1) is 13.0. The summed E-state index contributed by atoms with van der Waals surface area (Å²) in [6, 6.07) is 7.28. The fourth-order valence-corrected chi connectivity index (χ4v) is 3.83. The van der Waals surface area contributed by atoms with Crippen LogP contribution in [0.4, 0.5) is 15.9 Å². The maximum atomic E-state index is 12.9. The van der Waals surface area contributed by atoms with Crippen LogP contribution >= 0.6 is 0 Å². The summed E-state index contributed by atoms with van der Waals surface area (Å²) in [5, 5.41) is 11.1. The van der Waals surface area contributed by atoms with E-state index in [-0.39, 0.29) is 12.3 Å². The summed E-state index contributed by atoms with van der Waals surface area (Å²) in [5.41, 5.74) is 1.48. The molecule has 0 bridgehead atoms. The highest BCUT2D eigenvalue weighted by Crippen LogP contribution is 2.16. The lowest BCUT2D eigenvalue weighted by Gasteiger charge is -2.28. The molecular weight excluding hydrogens is 373 g/mol. The maximum absolute atomic E-state index is 12.9. The lowest BCUT2D eigenvalue weighted by atomic mass is 10.2. The van der Waals surface area contributed by atoms with Gasteiger partial charge in [0.1, 0.15) is 5.82 Å². The van der Waals surface area contributed by atoms with E-state index in [1.54, 1.807) is 6.20 Å². The number of ether oxygens (including phenoxy) is 1. The number of hydrogen-bond acceptors (Lipinski definition) is 7. The number of benzene rings is 1. The molecule has 3 rings (SSSR count). The summed E-state index contributed by atoms with van der Waals surface area (Å²) in [6.45, 7) is 3.53. The minimum atomic E-state index is -3.50. The van der Waals surface area contributed by atoms with Crippen molar-refractivity contribution in [1.82, 2.24) is 14.9 Å². The smallest absolute Gasteiger partial charge is 0.215 e. The number of aromatic nitrogens is 2. The van der Waals surface area contributed by atoms with Gasteiger partial charge in [0, 0.05) is 32.2 Å². The highest BCUT2D eigenvalue weighted by Gasteiger charge is 2.13. The maximum Gasteiger partial charge on any atom is 0.215 e. The van der Waals surface area contributed by atoms with E-state index < -0.39 is 15.8 Å². The average molecular weight is 395 g/mol. The van der Waals surface area contributed by atoms with Gasteiger partial charge in [-0.1, -0.05) is 12.1 Å². The largest absolute Gasteiger partial charge is 0.378 e. The van der Waals surface area contributed by atoms with Gasteiger partial charge in [0.25, 0.3) is 0 Å². The van der Waals surface area contributed by atoms with Gasteiger partial charge in [-0.05, 0) is 17.7 Å². The van der Waals surface area contributed by atoms with Gasteiger partial charge in [-0.2, -0.15) is 5.10 Å². The van der Waals surface area contributed by atoms with Crippen LogP contribution in [-0.4, -0.2) is 58.0 Å². The summed E-state index contributed by atoms with van der Waals surface area (Å²) in [5.74, 6) is -0.00924. The quantitative estimate of drug-likeness (QED) is 0.643. The Balaban J connectivity index is 1.46. The zero-order valence-corrected chi connectivity index (χ0v) is 15.6. The molecule has 27 heavy (non-hydrogen) atoms. The molecule has 0 saturated carbocycles. The van der Waals surface area contributed by atoms with E-state index in [0.717, 1.165) is 18.8 Å². The van der Waals surface area contributed by atoms with Gasteiger partial charge in [0.05, 0.1) is 30.9 Å². The summed E-state index contributed by atoms with van der Waals surface area (Å²) in [6.07, 6.45) is 1.70. The van der Waals surface area contributed by atoms with Crippen molar-refractivity contribution in [2.75, 3.05) is 49.6 Å². The lowest BCUT2D eigenvalue weighted by Crippen LogP contribution is -2.36. The zero-order valence-electron chi connectivity index (χ0n) is 14.8. The van der Waals surface area contributed by atoms with Crippen LogP contribution in [0.2, 0.25) is 0 Å². The van der Waals surface area contributed by atoms with Gasteiger partial charge < -0.3 is 15.0 Å². The van der Waals surface area contributed by atoms with Gasteiger partial charge in [-0.3, -0.25) is 0 Å². The Labute approximate surface area is 157 Å². The molecule has 1 aromatic heterocycles. The fourth-order valence-electron chi connectivity index (χ4n) is 2.69. The molecule has 10 heteroatoms. The Morgan fingerprint density at radius 2 is 1.89 bits per heavy atom. The van der Waals surface area contributed by atoms with E-state index in [0.29, 0.717) is 31.1 Å². The van der Waals surface area contributed by atoms with E-state index in [1.807, 2.05) is 6.07 Å². The molecule has 8 nitrogen and oxygen atoms in total. The lowest BCUT2D eigenvalue weighted by molar-refractivity contribution is 0.122. The minimum absolute atomic E-state index is 0.195. The molecule has 2 N–H and O–H groups in total. The molecule has 0 unspecified atom stereocenters. The Morgan fingerprint density at radius 1 is 1.15 bits per heavy atom. The Hall–Kier alpha value is -2.30. The normalized spacial score (nSPS) is 14.9. The molecule has 0 aliphatic carbocycles. The van der Waals surface area contributed by atoms with Gasteiger partial charge >= 0.3 is 0 Å². The van der Waals surface area contributed by atoms with E-state index in [2.05, 4.69) is 25.1 Å². The van der Waals surface area contributed by atoms with Crippen LogP contribution in [0.1, 0.15) is 5.56 Å². The van der Waals surface area contributed by atoms with Crippen molar-refractivity contribution in [3.8, 4) is 0 Å². The molecule has 0 atom stereocenters. The van der Waals surface area contributed by atoms with Crippen LogP contribution in [0.5, 0.6) is 0 Å². The van der Waals surface area contributed by atoms with Crippen LogP contribution in [0, 0.1) is 5.82 Å². The fraction of sp³-hybridized carbons (Fsp3) is 0.412. The van der Waals surface area contributed by atoms with Crippen LogP contribution in [-0.2, 0) is 20.5 Å². The second-order valence-electron chi connectivity index (χ2n) is 6.11. The first-order valence-electron chi connectivity index (χ1n) is 8.63. The Morgan fingerprint density at radius 3 is 2.63 bits per heavy atom. The molecule has 146 valence electrons. The highest BCUT2D eigenvalue weighted by molar-refractivity contribution is 7.88. The van der Waals surface area contributed by atoms with Crippen LogP contribution in [0.3, 0.4) is 0 Å². The van der Waals surface area contributed by atoms with E-state index in [4.69, 9.17) is 4.74 Å². The summed E-state index contributed by atoms with van der Waals surface area (Å²) >= 11 is 0. The topological polar surface area (TPSA) is 96.5 Å². The summed E-state index contributed by atoms with van der Waals surface area (Å²) in [4.78, 5) is 2.16. The number of anilines is 2. The van der Waals surface area contributed by atoms with Gasteiger partial charge in [-0.25, -0.2) is 17.5 Å². The van der Waals surface area contributed by atoms with Crippen LogP contribution in [0.25, 0.3) is 0 Å². The summed E-state index contributed by atoms with van der Waals surface area (Å²) in [7, 11) is -3.50.